The van der Waals surface area contributed by atoms with Gasteiger partial charge in [0.25, 0.3) is 0 Å². The fourth-order valence-electron chi connectivity index (χ4n) is 2.24. The van der Waals surface area contributed by atoms with E-state index in [-0.39, 0.29) is 24.2 Å². The molecule has 1 aromatic heterocycles. The van der Waals surface area contributed by atoms with Gasteiger partial charge >= 0.3 is 0 Å². The highest BCUT2D eigenvalue weighted by Crippen LogP contribution is 2.30. The molecule has 1 aliphatic heterocycles. The molecule has 17 heavy (non-hydrogen) atoms. The van der Waals surface area contributed by atoms with Crippen LogP contribution in [0.25, 0.3) is 0 Å². The molecule has 0 saturated carbocycles. The lowest BCUT2D eigenvalue weighted by Crippen LogP contribution is -2.24. The summed E-state index contributed by atoms with van der Waals surface area (Å²) in [5.41, 5.74) is 1.13. The number of carbonyl (C=O) groups is 2. The Hall–Kier alpha value is -1.43. The Morgan fingerprint density at radius 1 is 1.47 bits per heavy atom. The van der Waals surface area contributed by atoms with Crippen LogP contribution in [0.3, 0.4) is 0 Å². The van der Waals surface area contributed by atoms with Crippen molar-refractivity contribution in [1.82, 2.24) is 10.3 Å². The van der Waals surface area contributed by atoms with Gasteiger partial charge in [-0.15, -0.1) is 11.3 Å². The molecule has 90 valence electrons. The molecule has 1 unspecified atom stereocenters. The van der Waals surface area contributed by atoms with Gasteiger partial charge in [0.1, 0.15) is 0 Å². The SMILES string of the molecule is O=C1CC(C(=O)Nc2nc3c(s2)CCC3)CN1. The molecule has 1 aliphatic carbocycles. The van der Waals surface area contributed by atoms with Gasteiger partial charge in [0.05, 0.1) is 11.6 Å². The number of aromatic nitrogens is 1. The topological polar surface area (TPSA) is 71.1 Å². The third kappa shape index (κ3) is 2.04. The number of nitrogens with zero attached hydrogens (tertiary/aromatic N) is 1. The first kappa shape index (κ1) is 10.7. The van der Waals surface area contributed by atoms with Crippen LogP contribution >= 0.6 is 11.3 Å². The van der Waals surface area contributed by atoms with Gasteiger partial charge in [-0.2, -0.15) is 0 Å². The highest BCUT2D eigenvalue weighted by Gasteiger charge is 2.28. The van der Waals surface area contributed by atoms with Gasteiger partial charge in [-0.3, -0.25) is 9.59 Å². The van der Waals surface area contributed by atoms with E-state index in [9.17, 15) is 9.59 Å². The number of anilines is 1. The van der Waals surface area contributed by atoms with Crippen LogP contribution in [0.2, 0.25) is 0 Å². The Kier molecular flexibility index (Phi) is 2.58. The summed E-state index contributed by atoms with van der Waals surface area (Å²) in [7, 11) is 0. The second kappa shape index (κ2) is 4.10. The van der Waals surface area contributed by atoms with Gasteiger partial charge in [-0.05, 0) is 19.3 Å². The molecule has 2 heterocycles. The summed E-state index contributed by atoms with van der Waals surface area (Å²) in [5.74, 6) is -0.399. The molecule has 0 spiro atoms. The van der Waals surface area contributed by atoms with E-state index in [1.165, 1.54) is 11.3 Å². The number of carbonyl (C=O) groups excluding carboxylic acids is 2. The summed E-state index contributed by atoms with van der Waals surface area (Å²) >= 11 is 1.56. The van der Waals surface area contributed by atoms with E-state index in [0.717, 1.165) is 18.5 Å². The minimum atomic E-state index is -0.249. The molecule has 0 radical (unpaired) electrons. The average Bonchev–Trinajstić information content (AvgIpc) is 2.92. The normalized spacial score (nSPS) is 22.4. The lowest BCUT2D eigenvalue weighted by molar-refractivity contribution is -0.123. The molecule has 1 fully saturated rings. The third-order valence-electron chi connectivity index (χ3n) is 3.17. The predicted octanol–water partition coefficient (Wildman–Crippen LogP) is 0.706. The van der Waals surface area contributed by atoms with Crippen molar-refractivity contribution in [2.75, 3.05) is 11.9 Å². The van der Waals surface area contributed by atoms with E-state index in [4.69, 9.17) is 0 Å². The van der Waals surface area contributed by atoms with E-state index >= 15 is 0 Å². The van der Waals surface area contributed by atoms with Gasteiger partial charge in [-0.25, -0.2) is 4.98 Å². The maximum absolute atomic E-state index is 11.9. The Labute approximate surface area is 103 Å². The first-order chi connectivity index (χ1) is 8.22. The van der Waals surface area contributed by atoms with Crippen LogP contribution in [-0.2, 0) is 22.4 Å². The molecule has 3 rings (SSSR count). The van der Waals surface area contributed by atoms with E-state index in [1.54, 1.807) is 11.3 Å². The van der Waals surface area contributed by atoms with Crippen molar-refractivity contribution < 1.29 is 9.59 Å². The number of fused-ring (bicyclic) bond motifs is 1. The number of hydrogen-bond donors (Lipinski definition) is 2. The quantitative estimate of drug-likeness (QED) is 0.813. The van der Waals surface area contributed by atoms with Crippen molar-refractivity contribution in [3.05, 3.63) is 10.6 Å². The predicted molar refractivity (Wildman–Crippen MR) is 63.9 cm³/mol. The molecular formula is C11H13N3O2S. The van der Waals surface area contributed by atoms with E-state index < -0.39 is 0 Å². The summed E-state index contributed by atoms with van der Waals surface area (Å²) in [6.07, 6.45) is 3.55. The minimum Gasteiger partial charge on any atom is -0.355 e. The number of hydrogen-bond acceptors (Lipinski definition) is 4. The van der Waals surface area contributed by atoms with Crippen LogP contribution in [-0.4, -0.2) is 23.3 Å². The first-order valence-electron chi connectivity index (χ1n) is 5.78. The summed E-state index contributed by atoms with van der Waals surface area (Å²) < 4.78 is 0. The van der Waals surface area contributed by atoms with Gasteiger partial charge in [0, 0.05) is 17.8 Å². The third-order valence-corrected chi connectivity index (χ3v) is 4.25. The summed E-state index contributed by atoms with van der Waals surface area (Å²) in [6, 6.07) is 0. The molecule has 6 heteroatoms. The van der Waals surface area contributed by atoms with Crippen molar-refractivity contribution in [2.45, 2.75) is 25.7 Å². The fraction of sp³-hybridized carbons (Fsp3) is 0.545. The van der Waals surface area contributed by atoms with Gasteiger partial charge < -0.3 is 10.6 Å². The highest BCUT2D eigenvalue weighted by molar-refractivity contribution is 7.15. The Bertz CT molecular complexity index is 462. The molecule has 2 aliphatic rings. The van der Waals surface area contributed by atoms with Gasteiger partial charge in [0.15, 0.2) is 5.13 Å². The number of thiazole rings is 1. The van der Waals surface area contributed by atoms with Crippen molar-refractivity contribution in [3.8, 4) is 0 Å². The zero-order chi connectivity index (χ0) is 11.8. The van der Waals surface area contributed by atoms with Crippen molar-refractivity contribution >= 4 is 28.3 Å². The van der Waals surface area contributed by atoms with E-state index in [2.05, 4.69) is 15.6 Å². The fourth-order valence-corrected chi connectivity index (χ4v) is 3.29. The molecule has 0 aromatic carbocycles. The Morgan fingerprint density at radius 2 is 2.35 bits per heavy atom. The van der Waals surface area contributed by atoms with E-state index in [0.29, 0.717) is 11.7 Å². The first-order valence-corrected chi connectivity index (χ1v) is 6.60. The summed E-state index contributed by atoms with van der Waals surface area (Å²) in [6.45, 7) is 0.440. The van der Waals surface area contributed by atoms with Crippen LogP contribution in [0, 0.1) is 5.92 Å². The number of amides is 2. The molecule has 0 bridgehead atoms. The van der Waals surface area contributed by atoms with Crippen LogP contribution in [0.5, 0.6) is 0 Å². The minimum absolute atomic E-state index is 0.0493. The summed E-state index contributed by atoms with van der Waals surface area (Å²) in [5, 5.41) is 6.15. The Balaban J connectivity index is 1.66. The summed E-state index contributed by atoms with van der Waals surface area (Å²) in [4.78, 5) is 28.6. The average molecular weight is 251 g/mol. The number of aryl methyl sites for hydroxylation is 2. The lowest BCUT2D eigenvalue weighted by atomic mass is 10.1. The van der Waals surface area contributed by atoms with E-state index in [1.807, 2.05) is 0 Å². The van der Waals surface area contributed by atoms with Crippen molar-refractivity contribution in [1.29, 1.82) is 0 Å². The lowest BCUT2D eigenvalue weighted by Gasteiger charge is -2.05. The second-order valence-corrected chi connectivity index (χ2v) is 5.52. The molecular weight excluding hydrogens is 238 g/mol. The smallest absolute Gasteiger partial charge is 0.231 e. The molecule has 1 aromatic rings. The molecule has 1 atom stereocenters. The van der Waals surface area contributed by atoms with Gasteiger partial charge in [-0.1, -0.05) is 0 Å². The van der Waals surface area contributed by atoms with Gasteiger partial charge in [0.2, 0.25) is 11.8 Å². The van der Waals surface area contributed by atoms with Crippen LogP contribution < -0.4 is 10.6 Å². The second-order valence-electron chi connectivity index (χ2n) is 4.44. The monoisotopic (exact) mass is 251 g/mol. The maximum Gasteiger partial charge on any atom is 0.231 e. The van der Waals surface area contributed by atoms with Crippen LogP contribution in [0.1, 0.15) is 23.4 Å². The highest BCUT2D eigenvalue weighted by atomic mass is 32.1. The van der Waals surface area contributed by atoms with Crippen molar-refractivity contribution in [2.24, 2.45) is 5.92 Å². The van der Waals surface area contributed by atoms with Crippen molar-refractivity contribution in [3.63, 3.8) is 0 Å². The Morgan fingerprint density at radius 3 is 3.06 bits per heavy atom. The largest absolute Gasteiger partial charge is 0.355 e. The number of nitrogens with one attached hydrogen (secondary N) is 2. The standard InChI is InChI=1S/C11H13N3O2S/c15-9-4-6(5-12-9)10(16)14-11-13-7-2-1-3-8(7)17-11/h6H,1-5H2,(H,12,15)(H,13,14,16). The van der Waals surface area contributed by atoms with Crippen LogP contribution in [0.15, 0.2) is 0 Å². The molecule has 5 nitrogen and oxygen atoms in total. The number of rotatable bonds is 2. The molecule has 1 saturated heterocycles. The maximum atomic E-state index is 11.9. The van der Waals surface area contributed by atoms with Crippen LogP contribution in [0.4, 0.5) is 5.13 Å². The molecule has 2 amide bonds. The zero-order valence-corrected chi connectivity index (χ0v) is 10.1. The molecule has 2 N–H and O–H groups in total. The zero-order valence-electron chi connectivity index (χ0n) is 9.28.